The Morgan fingerprint density at radius 2 is 0.851 bits per heavy atom. The predicted octanol–water partition coefficient (Wildman–Crippen LogP) is 15.1. The van der Waals surface area contributed by atoms with Gasteiger partial charge in [-0.25, -0.2) is 0 Å². The first-order valence-corrected chi connectivity index (χ1v) is 32.0. The highest BCUT2D eigenvalue weighted by Gasteiger charge is 2.44. The van der Waals surface area contributed by atoms with Crippen molar-refractivity contribution in [1.82, 2.24) is 5.32 Å². The van der Waals surface area contributed by atoms with Crippen molar-refractivity contribution in [3.05, 3.63) is 12.2 Å². The number of carbonyl (C=O) groups excluding carboxylic acids is 2. The van der Waals surface area contributed by atoms with E-state index >= 15 is 0 Å². The summed E-state index contributed by atoms with van der Waals surface area (Å²) in [5, 5.41) is 54.2. The van der Waals surface area contributed by atoms with Crippen molar-refractivity contribution in [1.29, 1.82) is 0 Å². The van der Waals surface area contributed by atoms with E-state index in [2.05, 4.69) is 19.2 Å². The number of amides is 1. The Bertz CT molecular complexity index is 1240. The van der Waals surface area contributed by atoms with Gasteiger partial charge in [-0.2, -0.15) is 0 Å². The molecular weight excluding hydrogens is 931 g/mol. The lowest BCUT2D eigenvalue weighted by atomic mass is 9.99. The molecule has 7 unspecified atom stereocenters. The van der Waals surface area contributed by atoms with Gasteiger partial charge in [0, 0.05) is 12.8 Å². The minimum absolute atomic E-state index is 0.00113. The van der Waals surface area contributed by atoms with E-state index in [0.717, 1.165) is 57.8 Å². The number of hydrogen-bond acceptors (Lipinski definition) is 10. The van der Waals surface area contributed by atoms with Crippen LogP contribution < -0.4 is 5.32 Å². The first kappa shape index (κ1) is 70.4. The van der Waals surface area contributed by atoms with Gasteiger partial charge in [0.2, 0.25) is 5.91 Å². The summed E-state index contributed by atoms with van der Waals surface area (Å²) in [4.78, 5) is 25.1. The number of allylic oxidation sites excluding steroid dienone is 1. The fraction of sp³-hybridized carbons (Fsp3) is 0.937. The lowest BCUT2D eigenvalue weighted by Crippen LogP contribution is -2.60. The third kappa shape index (κ3) is 42.4. The molecule has 0 bridgehead atoms. The monoisotopic (exact) mass is 1050 g/mol. The molecular formula is C63H121NO10. The van der Waals surface area contributed by atoms with Crippen LogP contribution in [0.5, 0.6) is 0 Å². The van der Waals surface area contributed by atoms with Crippen molar-refractivity contribution < 1.29 is 49.3 Å². The van der Waals surface area contributed by atoms with Crippen molar-refractivity contribution >= 4 is 11.9 Å². The summed E-state index contributed by atoms with van der Waals surface area (Å²) in [6.07, 6.45) is 53.3. The summed E-state index contributed by atoms with van der Waals surface area (Å²) in [5.41, 5.74) is 0. The number of unbranched alkanes of at least 4 members (excludes halogenated alkanes) is 42. The minimum Gasteiger partial charge on any atom is -0.466 e. The van der Waals surface area contributed by atoms with Gasteiger partial charge < -0.3 is 45.1 Å². The Kier molecular flexibility index (Phi) is 50.8. The Labute approximate surface area is 455 Å². The van der Waals surface area contributed by atoms with E-state index in [0.29, 0.717) is 19.4 Å². The molecule has 0 saturated carbocycles. The highest BCUT2D eigenvalue weighted by Crippen LogP contribution is 2.23. The molecule has 1 saturated heterocycles. The Morgan fingerprint density at radius 1 is 0.486 bits per heavy atom. The minimum atomic E-state index is -1.57. The van der Waals surface area contributed by atoms with Crippen LogP contribution in [0.1, 0.15) is 316 Å². The zero-order chi connectivity index (χ0) is 53.8. The SMILES string of the molecule is CCCCCCCCC/C=C/C(O)C(COC1OC(CO)C(O)C(O)C1O)NC(=O)CCCCCCCCCCCCCCCCCCCCCCOC(=O)CCCCCCCCCCCCCCCCCCC. The van der Waals surface area contributed by atoms with Crippen LogP contribution >= 0.6 is 0 Å². The molecule has 6 N–H and O–H groups in total. The third-order valence-electron chi connectivity index (χ3n) is 15.4. The van der Waals surface area contributed by atoms with Gasteiger partial charge in [0.05, 0.1) is 32.0 Å². The number of nitrogens with one attached hydrogen (secondary N) is 1. The van der Waals surface area contributed by atoms with E-state index in [1.165, 1.54) is 231 Å². The summed E-state index contributed by atoms with van der Waals surface area (Å²) < 4.78 is 16.7. The van der Waals surface area contributed by atoms with Gasteiger partial charge in [0.15, 0.2) is 6.29 Å². The molecule has 11 nitrogen and oxygen atoms in total. The molecule has 0 aromatic rings. The van der Waals surface area contributed by atoms with Crippen LogP contribution in [0.15, 0.2) is 12.2 Å². The molecule has 11 heteroatoms. The van der Waals surface area contributed by atoms with Gasteiger partial charge in [-0.1, -0.05) is 283 Å². The van der Waals surface area contributed by atoms with Crippen molar-refractivity contribution in [3.8, 4) is 0 Å². The van der Waals surface area contributed by atoms with Gasteiger partial charge in [-0.05, 0) is 32.1 Å². The first-order chi connectivity index (χ1) is 36.2. The molecule has 1 heterocycles. The van der Waals surface area contributed by atoms with Crippen molar-refractivity contribution in [2.24, 2.45) is 0 Å². The van der Waals surface area contributed by atoms with Crippen molar-refractivity contribution in [2.45, 2.75) is 358 Å². The topological polar surface area (TPSA) is 175 Å². The zero-order valence-corrected chi connectivity index (χ0v) is 48.3. The number of hydrogen-bond donors (Lipinski definition) is 6. The molecule has 7 atom stereocenters. The molecule has 0 aliphatic carbocycles. The molecule has 1 amide bonds. The van der Waals surface area contributed by atoms with Gasteiger partial charge in [0.25, 0.3) is 0 Å². The standard InChI is InChI=1S/C63H121NO10/c1-3-5-7-9-11-13-14-15-16-21-25-28-31-35-39-43-47-51-59(68)72-52-48-44-40-36-32-29-26-23-20-18-17-19-22-24-27-30-34-38-42-46-50-58(67)64-55(56(66)49-45-41-37-33-12-10-8-6-4-2)54-73-63-62(71)61(70)60(69)57(53-65)74-63/h45,49,55-57,60-63,65-66,69-71H,3-44,46-48,50-54H2,1-2H3,(H,64,67)/b49-45+. The van der Waals surface area contributed by atoms with E-state index < -0.39 is 49.5 Å². The van der Waals surface area contributed by atoms with E-state index in [1.54, 1.807) is 6.08 Å². The molecule has 74 heavy (non-hydrogen) atoms. The maximum atomic E-state index is 13.0. The second kappa shape index (κ2) is 53.4. The third-order valence-corrected chi connectivity index (χ3v) is 15.4. The van der Waals surface area contributed by atoms with Crippen LogP contribution in [0.3, 0.4) is 0 Å². The van der Waals surface area contributed by atoms with Gasteiger partial charge in [-0.15, -0.1) is 0 Å². The van der Waals surface area contributed by atoms with Crippen LogP contribution in [0.2, 0.25) is 0 Å². The Balaban J connectivity index is 1.96. The quantitative estimate of drug-likeness (QED) is 0.0195. The summed E-state index contributed by atoms with van der Waals surface area (Å²) in [7, 11) is 0. The number of esters is 1. The highest BCUT2D eigenvalue weighted by molar-refractivity contribution is 5.76. The maximum Gasteiger partial charge on any atom is 0.305 e. The lowest BCUT2D eigenvalue weighted by molar-refractivity contribution is -0.302. The molecule has 1 aliphatic rings. The lowest BCUT2D eigenvalue weighted by Gasteiger charge is -2.40. The summed E-state index contributed by atoms with van der Waals surface area (Å²) >= 11 is 0. The number of aliphatic hydroxyl groups excluding tert-OH is 5. The normalized spacial score (nSPS) is 18.8. The van der Waals surface area contributed by atoms with Crippen molar-refractivity contribution in [3.63, 3.8) is 0 Å². The maximum absolute atomic E-state index is 13.0. The molecule has 1 aliphatic heterocycles. The predicted molar refractivity (Wildman–Crippen MR) is 306 cm³/mol. The van der Waals surface area contributed by atoms with Crippen LogP contribution in [0.25, 0.3) is 0 Å². The molecule has 438 valence electrons. The van der Waals surface area contributed by atoms with Gasteiger partial charge in [-0.3, -0.25) is 9.59 Å². The Hall–Kier alpha value is -1.60. The van der Waals surface area contributed by atoms with Crippen LogP contribution in [-0.2, 0) is 23.8 Å². The largest absolute Gasteiger partial charge is 0.466 e. The molecule has 0 spiro atoms. The fourth-order valence-corrected chi connectivity index (χ4v) is 10.3. The average molecular weight is 1050 g/mol. The molecule has 0 aromatic heterocycles. The summed E-state index contributed by atoms with van der Waals surface area (Å²) in [6.45, 7) is 4.33. The smallest absolute Gasteiger partial charge is 0.305 e. The molecule has 1 fully saturated rings. The molecule has 0 radical (unpaired) electrons. The summed E-state index contributed by atoms with van der Waals surface area (Å²) in [5.74, 6) is -0.183. The van der Waals surface area contributed by atoms with E-state index in [1.807, 2.05) is 6.08 Å². The average Bonchev–Trinajstić information content (AvgIpc) is 3.40. The number of ether oxygens (including phenoxy) is 3. The van der Waals surface area contributed by atoms with E-state index in [4.69, 9.17) is 14.2 Å². The van der Waals surface area contributed by atoms with E-state index in [9.17, 15) is 35.1 Å². The van der Waals surface area contributed by atoms with E-state index in [-0.39, 0.29) is 18.5 Å². The first-order valence-electron chi connectivity index (χ1n) is 32.0. The van der Waals surface area contributed by atoms with Crippen molar-refractivity contribution in [2.75, 3.05) is 19.8 Å². The summed E-state index contributed by atoms with van der Waals surface area (Å²) in [6, 6.07) is -0.809. The van der Waals surface area contributed by atoms with Crippen LogP contribution in [0, 0.1) is 0 Å². The van der Waals surface area contributed by atoms with Gasteiger partial charge >= 0.3 is 5.97 Å². The van der Waals surface area contributed by atoms with Crippen LogP contribution in [-0.4, -0.2) is 100 Å². The molecule has 1 rings (SSSR count). The zero-order valence-electron chi connectivity index (χ0n) is 48.3. The second-order valence-electron chi connectivity index (χ2n) is 22.5. The molecule has 0 aromatic carbocycles. The van der Waals surface area contributed by atoms with Gasteiger partial charge in [0.1, 0.15) is 24.4 Å². The second-order valence-corrected chi connectivity index (χ2v) is 22.5. The highest BCUT2D eigenvalue weighted by atomic mass is 16.7. The number of carbonyl (C=O) groups is 2. The fourth-order valence-electron chi connectivity index (χ4n) is 10.3. The number of rotatable bonds is 56. The Morgan fingerprint density at radius 3 is 1.26 bits per heavy atom. The number of aliphatic hydroxyl groups is 5. The van der Waals surface area contributed by atoms with Crippen LogP contribution in [0.4, 0.5) is 0 Å².